The molecule has 4 aliphatic heterocycles. The minimum Gasteiger partial charge on any atom is -0.476 e. The highest BCUT2D eigenvalue weighted by Gasteiger charge is 2.33. The van der Waals surface area contributed by atoms with E-state index in [0.717, 1.165) is 61.6 Å². The summed E-state index contributed by atoms with van der Waals surface area (Å²) in [5.41, 5.74) is 6.20. The zero-order chi connectivity index (χ0) is 45.3. The maximum Gasteiger partial charge on any atom is 0.293 e. The van der Waals surface area contributed by atoms with E-state index >= 15 is 0 Å². The van der Waals surface area contributed by atoms with E-state index in [4.69, 9.17) is 19.2 Å². The Hall–Kier alpha value is -6.15. The van der Waals surface area contributed by atoms with E-state index in [2.05, 4.69) is 43.7 Å². The van der Waals surface area contributed by atoms with Crippen molar-refractivity contribution in [1.29, 1.82) is 0 Å². The van der Waals surface area contributed by atoms with Crippen molar-refractivity contribution < 1.29 is 37.1 Å². The summed E-state index contributed by atoms with van der Waals surface area (Å²) < 4.78 is 47.2. The number of piperazine rings is 1. The van der Waals surface area contributed by atoms with Crippen molar-refractivity contribution in [2.75, 3.05) is 87.4 Å². The van der Waals surface area contributed by atoms with Crippen LogP contribution in [0.1, 0.15) is 56.3 Å². The van der Waals surface area contributed by atoms with Gasteiger partial charge in [-0.2, -0.15) is 4.98 Å². The summed E-state index contributed by atoms with van der Waals surface area (Å²) >= 11 is 0. The van der Waals surface area contributed by atoms with Crippen LogP contribution in [0.5, 0.6) is 5.88 Å². The Labute approximate surface area is 376 Å². The van der Waals surface area contributed by atoms with Crippen LogP contribution in [0.25, 0.3) is 11.0 Å². The molecule has 3 N–H and O–H groups in total. The number of amides is 2. The molecule has 1 aliphatic carbocycles. The summed E-state index contributed by atoms with van der Waals surface area (Å²) in [4.78, 5) is 56.2. The van der Waals surface area contributed by atoms with Gasteiger partial charge in [0, 0.05) is 75.4 Å². The molecule has 2 aromatic heterocycles. The lowest BCUT2D eigenvalue weighted by molar-refractivity contribution is -0.384. The largest absolute Gasteiger partial charge is 0.476 e. The number of H-pyrrole nitrogens is 1. The number of aromatic amines is 1. The summed E-state index contributed by atoms with van der Waals surface area (Å²) in [6.07, 6.45) is 8.98. The first kappa shape index (κ1) is 44.1. The van der Waals surface area contributed by atoms with E-state index in [9.17, 15) is 28.1 Å². The van der Waals surface area contributed by atoms with Crippen molar-refractivity contribution in [1.82, 2.24) is 19.6 Å². The number of allylic oxidation sites excluding steroid dienone is 2. The second-order valence-electron chi connectivity index (χ2n) is 17.8. The highest BCUT2D eigenvalue weighted by atomic mass is 32.2. The number of ether oxygens (including phenoxy) is 3. The van der Waals surface area contributed by atoms with Gasteiger partial charge in [0.2, 0.25) is 11.8 Å². The maximum absolute atomic E-state index is 14.4. The van der Waals surface area contributed by atoms with Gasteiger partial charge in [-0.05, 0) is 90.8 Å². The van der Waals surface area contributed by atoms with Crippen LogP contribution >= 0.6 is 0 Å². The average Bonchev–Trinajstić information content (AvgIpc) is 3.66. The third kappa shape index (κ3) is 9.78. The predicted octanol–water partition coefficient (Wildman–Crippen LogP) is 5.89. The van der Waals surface area contributed by atoms with Crippen molar-refractivity contribution in [2.45, 2.75) is 57.0 Å². The van der Waals surface area contributed by atoms with Gasteiger partial charge in [-0.3, -0.25) is 24.6 Å². The molecule has 0 radical (unpaired) electrons. The maximum atomic E-state index is 14.4. The summed E-state index contributed by atoms with van der Waals surface area (Å²) in [6, 6.07) is 12.7. The first-order chi connectivity index (χ1) is 31.3. The number of sulfonamides is 1. The number of nitro groups is 1. The van der Waals surface area contributed by atoms with Crippen molar-refractivity contribution in [2.24, 2.45) is 10.4 Å². The molecule has 4 aromatic rings. The van der Waals surface area contributed by atoms with Crippen LogP contribution in [0.2, 0.25) is 0 Å². The molecule has 0 bridgehead atoms. The number of benzene rings is 2. The van der Waals surface area contributed by atoms with Gasteiger partial charge in [0.05, 0.1) is 60.0 Å². The van der Waals surface area contributed by atoms with Gasteiger partial charge in [0.15, 0.2) is 0 Å². The molecular formula is C46H53N9O9S. The molecule has 342 valence electrons. The number of fused-ring (bicyclic) bond motifs is 2. The van der Waals surface area contributed by atoms with Crippen molar-refractivity contribution in [3.8, 4) is 5.88 Å². The van der Waals surface area contributed by atoms with Gasteiger partial charge in [-0.15, -0.1) is 0 Å². The number of dihydropyridines is 1. The number of rotatable bonds is 12. The number of nitrogens with one attached hydrogen (secondary N) is 3. The lowest BCUT2D eigenvalue weighted by Crippen LogP contribution is -2.47. The normalized spacial score (nSPS) is 20.5. The van der Waals surface area contributed by atoms with Gasteiger partial charge in [0.1, 0.15) is 17.0 Å². The van der Waals surface area contributed by atoms with Crippen LogP contribution in [-0.4, -0.2) is 125 Å². The highest BCUT2D eigenvalue weighted by Crippen LogP contribution is 2.44. The third-order valence-electron chi connectivity index (χ3n) is 12.7. The first-order valence-electron chi connectivity index (χ1n) is 22.1. The van der Waals surface area contributed by atoms with Crippen molar-refractivity contribution in [3.63, 3.8) is 0 Å². The zero-order valence-electron chi connectivity index (χ0n) is 36.5. The SMILES string of the molecule is CC1(C)CCC(CN2CCN(c3ccc(C(=O)NS(=O)(=O)c4ccc(NC[C@H]5COCCO5)c([N+](=O)[O-])c4)c(N4CCCOc5nc6[nH]ccc6cc54)c3)CC2)=C(C2=CC=NC(=O)C2)C1. The van der Waals surface area contributed by atoms with E-state index < -0.39 is 31.4 Å². The van der Waals surface area contributed by atoms with E-state index in [1.54, 1.807) is 18.5 Å². The Kier molecular flexibility index (Phi) is 12.5. The minimum atomic E-state index is -4.60. The molecule has 18 nitrogen and oxygen atoms in total. The van der Waals surface area contributed by atoms with Gasteiger partial charge in [0.25, 0.3) is 21.6 Å². The number of nitrogens with zero attached hydrogens (tertiary/aromatic N) is 6. The number of hydrogen-bond donors (Lipinski definition) is 3. The number of pyridine rings is 1. The Morgan fingerprint density at radius 1 is 1.03 bits per heavy atom. The average molecular weight is 908 g/mol. The van der Waals surface area contributed by atoms with Crippen LogP contribution in [-0.2, 0) is 24.3 Å². The molecule has 9 rings (SSSR count). The molecule has 0 unspecified atom stereocenters. The molecule has 6 heterocycles. The van der Waals surface area contributed by atoms with Gasteiger partial charge < -0.3 is 34.3 Å². The molecule has 0 spiro atoms. The summed E-state index contributed by atoms with van der Waals surface area (Å²) in [5.74, 6) is -0.638. The van der Waals surface area contributed by atoms with E-state index in [0.29, 0.717) is 81.8 Å². The number of anilines is 4. The summed E-state index contributed by atoms with van der Waals surface area (Å²) in [6.45, 7) is 10.6. The molecule has 2 aromatic carbocycles. The molecule has 2 fully saturated rings. The summed E-state index contributed by atoms with van der Waals surface area (Å²) in [5, 5.41) is 16.0. The quantitative estimate of drug-likeness (QED) is 0.112. The van der Waals surface area contributed by atoms with Crippen molar-refractivity contribution in [3.05, 3.63) is 93.2 Å². The van der Waals surface area contributed by atoms with Crippen LogP contribution in [0, 0.1) is 15.5 Å². The molecule has 5 aliphatic rings. The first-order valence-corrected chi connectivity index (χ1v) is 23.5. The van der Waals surface area contributed by atoms with Crippen LogP contribution in [0.4, 0.5) is 28.4 Å². The lowest BCUT2D eigenvalue weighted by Gasteiger charge is -2.40. The Bertz CT molecular complexity index is 2720. The Morgan fingerprint density at radius 2 is 1.88 bits per heavy atom. The topological polar surface area (TPSA) is 214 Å². The fourth-order valence-electron chi connectivity index (χ4n) is 9.21. The van der Waals surface area contributed by atoms with E-state index in [1.165, 1.54) is 23.3 Å². The van der Waals surface area contributed by atoms with Crippen molar-refractivity contribution >= 4 is 67.5 Å². The fraction of sp³-hybridized carbons (Fsp3) is 0.435. The molecule has 0 saturated carbocycles. The molecular weight excluding hydrogens is 855 g/mol. The molecule has 19 heteroatoms. The third-order valence-corrected chi connectivity index (χ3v) is 14.1. The number of hydrogen-bond acceptors (Lipinski definition) is 14. The number of carbonyl (C=O) groups excluding carboxylic acids is 2. The Balaban J connectivity index is 0.985. The molecule has 2 amide bonds. The monoisotopic (exact) mass is 907 g/mol. The van der Waals surface area contributed by atoms with Gasteiger partial charge in [-0.25, -0.2) is 18.1 Å². The number of carbonyl (C=O) groups is 2. The van der Waals surface area contributed by atoms with Gasteiger partial charge >= 0.3 is 0 Å². The highest BCUT2D eigenvalue weighted by molar-refractivity contribution is 7.90. The standard InChI is InChI=1S/C46H53N9O9S/c1-46(2)11-8-32(37(26-46)30-9-12-47-42(56)23-30)28-52-15-17-53(18-16-52)33-4-6-36(39(24-33)54-14-3-19-64-45-41(54)22-31-10-13-48-43(31)50-45)44(57)51-65(60,61)35-5-7-38(40(25-35)55(58)59)49-27-34-29-62-20-21-63-34/h4-7,9-10,12-13,22,24-25,34,49H,3,8,11,14-21,23,26-29H2,1-2H3,(H,48,50)(H,51,57)/t34-/m0/s1. The molecule has 65 heavy (non-hydrogen) atoms. The smallest absolute Gasteiger partial charge is 0.293 e. The number of aliphatic imine (C=N–C) groups is 1. The molecule has 2 saturated heterocycles. The Morgan fingerprint density at radius 3 is 2.66 bits per heavy atom. The second-order valence-corrected chi connectivity index (χ2v) is 19.5. The van der Waals surface area contributed by atoms with Gasteiger partial charge in [-0.1, -0.05) is 19.4 Å². The van der Waals surface area contributed by atoms with Crippen LogP contribution in [0.15, 0.2) is 87.4 Å². The predicted molar refractivity (Wildman–Crippen MR) is 246 cm³/mol. The lowest BCUT2D eigenvalue weighted by atomic mass is 9.71. The fourth-order valence-corrected chi connectivity index (χ4v) is 10.2. The van der Waals surface area contributed by atoms with Crippen LogP contribution < -0.4 is 24.6 Å². The number of nitro benzene ring substituents is 1. The summed E-state index contributed by atoms with van der Waals surface area (Å²) in [7, 11) is -4.60. The van der Waals surface area contributed by atoms with E-state index in [1.807, 2.05) is 35.2 Å². The zero-order valence-corrected chi connectivity index (χ0v) is 37.3. The second kappa shape index (κ2) is 18.4. The number of aromatic nitrogens is 2. The molecule has 1 atom stereocenters. The minimum absolute atomic E-state index is 0.0840. The van der Waals surface area contributed by atoms with E-state index in [-0.39, 0.29) is 35.2 Å². The van der Waals surface area contributed by atoms with Crippen LogP contribution in [0.3, 0.4) is 0 Å².